The molecule has 1 heterocycles. The number of hydrogen-bond acceptors (Lipinski definition) is 3. The molecule has 0 spiro atoms. The summed E-state index contributed by atoms with van der Waals surface area (Å²) in [6.45, 7) is 3.84. The molecule has 0 aliphatic rings. The highest BCUT2D eigenvalue weighted by atomic mass is 16.3. The van der Waals surface area contributed by atoms with E-state index in [0.717, 1.165) is 17.5 Å². The largest absolute Gasteiger partial charge is 0.374 e. The van der Waals surface area contributed by atoms with E-state index in [4.69, 9.17) is 4.98 Å². The Morgan fingerprint density at radius 3 is 2.07 bits per heavy atom. The van der Waals surface area contributed by atoms with E-state index >= 15 is 0 Å². The molecule has 0 bridgehead atoms. The van der Waals surface area contributed by atoms with E-state index in [-0.39, 0.29) is 11.7 Å². The Hall–Kier alpha value is -3.04. The van der Waals surface area contributed by atoms with Crippen LogP contribution in [0.25, 0.3) is 0 Å². The quantitative estimate of drug-likeness (QED) is 0.594. The number of rotatable bonds is 7. The monoisotopic (exact) mass is 371 g/mol. The Morgan fingerprint density at radius 2 is 1.54 bits per heavy atom. The third kappa shape index (κ3) is 3.95. The van der Waals surface area contributed by atoms with Crippen molar-refractivity contribution in [2.45, 2.75) is 31.8 Å². The molecule has 0 radical (unpaired) electrons. The summed E-state index contributed by atoms with van der Waals surface area (Å²) in [6.07, 6.45) is 4.28. The minimum absolute atomic E-state index is 0.00876. The molecule has 142 valence electrons. The molecule has 0 amide bonds. The van der Waals surface area contributed by atoms with Crippen LogP contribution in [0, 0.1) is 0 Å². The van der Waals surface area contributed by atoms with Gasteiger partial charge in [-0.1, -0.05) is 79.7 Å². The minimum Gasteiger partial charge on any atom is -0.374 e. The van der Waals surface area contributed by atoms with E-state index in [2.05, 4.69) is 0 Å². The van der Waals surface area contributed by atoms with Crippen molar-refractivity contribution in [2.75, 3.05) is 0 Å². The summed E-state index contributed by atoms with van der Waals surface area (Å²) in [6, 6.07) is 24.5. The third-order valence-electron chi connectivity index (χ3n) is 4.91. The summed E-state index contributed by atoms with van der Waals surface area (Å²) in [5, 5.41) is 11.9. The minimum atomic E-state index is -1.40. The highest BCUT2D eigenvalue weighted by Crippen LogP contribution is 2.36. The first-order chi connectivity index (χ1) is 13.6. The van der Waals surface area contributed by atoms with Gasteiger partial charge >= 0.3 is 0 Å². The average molecular weight is 371 g/mol. The zero-order chi connectivity index (χ0) is 20.0. The van der Waals surface area contributed by atoms with Gasteiger partial charge in [0.1, 0.15) is 0 Å². The summed E-state index contributed by atoms with van der Waals surface area (Å²) >= 11 is 0. The van der Waals surface area contributed by atoms with Crippen LogP contribution < -0.4 is 0 Å². The molecular formula is C25H25NO2. The van der Waals surface area contributed by atoms with Crippen LogP contribution in [0.15, 0.2) is 91.0 Å². The lowest BCUT2D eigenvalue weighted by atomic mass is 9.83. The van der Waals surface area contributed by atoms with Gasteiger partial charge in [-0.05, 0) is 42.7 Å². The Morgan fingerprint density at radius 1 is 0.964 bits per heavy atom. The second-order valence-corrected chi connectivity index (χ2v) is 6.82. The van der Waals surface area contributed by atoms with Gasteiger partial charge in [-0.2, -0.15) is 0 Å². The van der Waals surface area contributed by atoms with Gasteiger partial charge in [0.25, 0.3) is 0 Å². The number of ketones is 1. The number of pyridine rings is 1. The van der Waals surface area contributed by atoms with E-state index in [1.54, 1.807) is 6.08 Å². The predicted molar refractivity (Wildman–Crippen MR) is 112 cm³/mol. The number of benzene rings is 2. The first kappa shape index (κ1) is 19.7. The standard InChI is InChI=1S/C25H25NO2/c1-3-4-17-23(27)19(2)22-16-11-18-24(26-22)25(28,20-12-7-5-8-13-20)21-14-9-6-10-15-21/h4-19,28H,3H2,1-2H3/b17-4-. The first-order valence-corrected chi connectivity index (χ1v) is 9.58. The van der Waals surface area contributed by atoms with Crippen molar-refractivity contribution in [1.82, 2.24) is 4.98 Å². The Balaban J connectivity index is 2.10. The van der Waals surface area contributed by atoms with Crippen molar-refractivity contribution in [3.63, 3.8) is 0 Å². The van der Waals surface area contributed by atoms with Crippen molar-refractivity contribution in [3.05, 3.63) is 114 Å². The fourth-order valence-electron chi connectivity index (χ4n) is 3.24. The van der Waals surface area contributed by atoms with Crippen LogP contribution in [0.3, 0.4) is 0 Å². The lowest BCUT2D eigenvalue weighted by molar-refractivity contribution is -0.115. The number of carbonyl (C=O) groups excluding carboxylic acids is 1. The molecule has 1 atom stereocenters. The topological polar surface area (TPSA) is 50.2 Å². The predicted octanol–water partition coefficient (Wildman–Crippen LogP) is 5.00. The van der Waals surface area contributed by atoms with Crippen LogP contribution in [0.1, 0.15) is 48.7 Å². The van der Waals surface area contributed by atoms with Crippen LogP contribution in [0.2, 0.25) is 0 Å². The molecule has 1 aromatic heterocycles. The molecule has 0 fully saturated rings. The highest BCUT2D eigenvalue weighted by Gasteiger charge is 2.35. The van der Waals surface area contributed by atoms with E-state index in [1.807, 2.05) is 98.8 Å². The summed E-state index contributed by atoms with van der Waals surface area (Å²) in [5.41, 5.74) is 1.21. The third-order valence-corrected chi connectivity index (χ3v) is 4.91. The van der Waals surface area contributed by atoms with Gasteiger partial charge in [-0.15, -0.1) is 0 Å². The van der Waals surface area contributed by atoms with E-state index < -0.39 is 5.60 Å². The summed E-state index contributed by atoms with van der Waals surface area (Å²) < 4.78 is 0. The summed E-state index contributed by atoms with van der Waals surface area (Å²) in [5.74, 6) is -0.368. The molecular weight excluding hydrogens is 346 g/mol. The number of carbonyl (C=O) groups is 1. The van der Waals surface area contributed by atoms with Crippen molar-refractivity contribution < 1.29 is 9.90 Å². The molecule has 0 aliphatic carbocycles. The molecule has 28 heavy (non-hydrogen) atoms. The van der Waals surface area contributed by atoms with Gasteiger partial charge in [0, 0.05) is 0 Å². The summed E-state index contributed by atoms with van der Waals surface area (Å²) in [4.78, 5) is 17.1. The zero-order valence-electron chi connectivity index (χ0n) is 16.2. The SMILES string of the molecule is CC/C=C\C(=O)C(C)c1cccc(C(O)(c2ccccc2)c2ccccc2)n1. The fourth-order valence-corrected chi connectivity index (χ4v) is 3.24. The highest BCUT2D eigenvalue weighted by molar-refractivity contribution is 5.94. The van der Waals surface area contributed by atoms with Gasteiger partial charge in [0.15, 0.2) is 11.4 Å². The maximum Gasteiger partial charge on any atom is 0.164 e. The number of nitrogens with zero attached hydrogens (tertiary/aromatic N) is 1. The molecule has 3 rings (SSSR count). The lowest BCUT2D eigenvalue weighted by Gasteiger charge is -2.29. The van der Waals surface area contributed by atoms with E-state index in [0.29, 0.717) is 11.4 Å². The Labute approximate surface area is 166 Å². The van der Waals surface area contributed by atoms with Gasteiger partial charge in [-0.3, -0.25) is 9.78 Å². The van der Waals surface area contributed by atoms with Crippen LogP contribution in [-0.2, 0) is 10.4 Å². The van der Waals surface area contributed by atoms with Gasteiger partial charge < -0.3 is 5.11 Å². The maximum absolute atomic E-state index is 12.4. The van der Waals surface area contributed by atoms with Gasteiger partial charge in [0.05, 0.1) is 17.3 Å². The molecule has 1 unspecified atom stereocenters. The number of allylic oxidation sites excluding steroid dienone is 2. The number of aromatic nitrogens is 1. The van der Waals surface area contributed by atoms with Crippen molar-refractivity contribution in [3.8, 4) is 0 Å². The Kier molecular flexibility index (Phi) is 6.17. The second kappa shape index (κ2) is 8.77. The molecule has 3 nitrogen and oxygen atoms in total. The second-order valence-electron chi connectivity index (χ2n) is 6.82. The Bertz CT molecular complexity index is 909. The smallest absolute Gasteiger partial charge is 0.164 e. The van der Waals surface area contributed by atoms with E-state index in [1.165, 1.54) is 0 Å². The van der Waals surface area contributed by atoms with Crippen LogP contribution >= 0.6 is 0 Å². The molecule has 1 N–H and O–H groups in total. The first-order valence-electron chi connectivity index (χ1n) is 9.58. The number of aliphatic hydroxyl groups is 1. The lowest BCUT2D eigenvalue weighted by Crippen LogP contribution is -2.30. The molecule has 3 aromatic rings. The number of hydrogen-bond donors (Lipinski definition) is 1. The fraction of sp³-hybridized carbons (Fsp3) is 0.200. The molecule has 0 aliphatic heterocycles. The van der Waals surface area contributed by atoms with Crippen LogP contribution in [0.4, 0.5) is 0 Å². The summed E-state index contributed by atoms with van der Waals surface area (Å²) in [7, 11) is 0. The molecule has 0 saturated carbocycles. The zero-order valence-corrected chi connectivity index (χ0v) is 16.2. The normalized spacial score (nSPS) is 12.8. The molecule has 0 saturated heterocycles. The molecule has 2 aromatic carbocycles. The van der Waals surface area contributed by atoms with Crippen LogP contribution in [0.5, 0.6) is 0 Å². The van der Waals surface area contributed by atoms with Crippen molar-refractivity contribution in [1.29, 1.82) is 0 Å². The van der Waals surface area contributed by atoms with Crippen molar-refractivity contribution >= 4 is 5.78 Å². The van der Waals surface area contributed by atoms with E-state index in [9.17, 15) is 9.90 Å². The van der Waals surface area contributed by atoms with Crippen molar-refractivity contribution in [2.24, 2.45) is 0 Å². The van der Waals surface area contributed by atoms with Gasteiger partial charge in [-0.25, -0.2) is 0 Å². The van der Waals surface area contributed by atoms with Crippen LogP contribution in [-0.4, -0.2) is 15.9 Å². The molecule has 3 heteroatoms. The van der Waals surface area contributed by atoms with Gasteiger partial charge in [0.2, 0.25) is 0 Å². The average Bonchev–Trinajstić information content (AvgIpc) is 2.77. The maximum atomic E-state index is 12.4.